The van der Waals surface area contributed by atoms with E-state index in [2.05, 4.69) is 51.4 Å². The normalized spacial score (nSPS) is 19.9. The Bertz CT molecular complexity index is 1060. The zero-order chi connectivity index (χ0) is 21.4. The molecule has 164 valence electrons. The van der Waals surface area contributed by atoms with Crippen LogP contribution in [0.1, 0.15) is 41.5 Å². The van der Waals surface area contributed by atoms with Crippen molar-refractivity contribution in [1.29, 1.82) is 0 Å². The zero-order valence-electron chi connectivity index (χ0n) is 18.5. The number of pyridine rings is 2. The Labute approximate surface area is 183 Å². The van der Waals surface area contributed by atoms with Crippen LogP contribution in [0, 0.1) is 0 Å². The Morgan fingerprint density at radius 1 is 1.13 bits per heavy atom. The van der Waals surface area contributed by atoms with Crippen LogP contribution in [-0.4, -0.2) is 69.5 Å². The van der Waals surface area contributed by atoms with Crippen molar-refractivity contribution in [2.45, 2.75) is 38.5 Å². The molecule has 2 aliphatic rings. The molecule has 4 heterocycles. The van der Waals surface area contributed by atoms with Gasteiger partial charge in [0, 0.05) is 38.9 Å². The summed E-state index contributed by atoms with van der Waals surface area (Å²) in [7, 11) is 4.32. The molecule has 3 aromatic heterocycles. The molecule has 0 amide bonds. The van der Waals surface area contributed by atoms with Crippen LogP contribution in [0.5, 0.6) is 0 Å². The van der Waals surface area contributed by atoms with E-state index in [0.29, 0.717) is 12.6 Å². The summed E-state index contributed by atoms with van der Waals surface area (Å²) in [6.45, 7) is 4.73. The van der Waals surface area contributed by atoms with Gasteiger partial charge in [-0.25, -0.2) is 4.98 Å². The molecule has 0 bridgehead atoms. The van der Waals surface area contributed by atoms with Gasteiger partial charge in [-0.1, -0.05) is 12.1 Å². The number of piperazine rings is 1. The molecule has 31 heavy (non-hydrogen) atoms. The molecule has 0 radical (unpaired) electrons. The summed E-state index contributed by atoms with van der Waals surface area (Å²) in [6.07, 6.45) is 5.30. The highest BCUT2D eigenvalue weighted by atomic mass is 16.3. The van der Waals surface area contributed by atoms with Gasteiger partial charge in [-0.2, -0.15) is 0 Å². The third-order valence-electron chi connectivity index (χ3n) is 6.88. The average molecular weight is 421 g/mol. The van der Waals surface area contributed by atoms with Gasteiger partial charge < -0.3 is 14.9 Å². The molecule has 1 saturated heterocycles. The van der Waals surface area contributed by atoms with Crippen LogP contribution < -0.4 is 4.90 Å². The van der Waals surface area contributed by atoms with Gasteiger partial charge >= 0.3 is 0 Å². The second-order valence-electron chi connectivity index (χ2n) is 8.90. The maximum Gasteiger partial charge on any atom is 0.138 e. The maximum absolute atomic E-state index is 10.3. The van der Waals surface area contributed by atoms with Crippen molar-refractivity contribution in [3.63, 3.8) is 0 Å². The van der Waals surface area contributed by atoms with Crippen LogP contribution in [-0.2, 0) is 19.6 Å². The molecule has 3 aromatic rings. The first-order valence-electron chi connectivity index (χ1n) is 11.3. The van der Waals surface area contributed by atoms with E-state index in [4.69, 9.17) is 9.97 Å². The van der Waals surface area contributed by atoms with E-state index >= 15 is 0 Å². The molecule has 0 saturated carbocycles. The largest absolute Gasteiger partial charge is 0.390 e. The molecule has 1 N–H and O–H groups in total. The molecule has 1 unspecified atom stereocenters. The van der Waals surface area contributed by atoms with Crippen LogP contribution in [0.2, 0.25) is 0 Å². The lowest BCUT2D eigenvalue weighted by Crippen LogP contribution is -2.45. The molecule has 1 fully saturated rings. The van der Waals surface area contributed by atoms with Crippen molar-refractivity contribution in [3.05, 3.63) is 59.2 Å². The van der Waals surface area contributed by atoms with E-state index < -0.39 is 0 Å². The minimum Gasteiger partial charge on any atom is -0.390 e. The number of anilines is 1. The van der Waals surface area contributed by atoms with Crippen molar-refractivity contribution >= 4 is 11.5 Å². The smallest absolute Gasteiger partial charge is 0.138 e. The number of aryl methyl sites for hydroxylation is 1. The molecule has 1 aliphatic heterocycles. The quantitative estimate of drug-likeness (QED) is 0.684. The Hall–Kier alpha value is -2.48. The van der Waals surface area contributed by atoms with Crippen LogP contribution in [0.15, 0.2) is 36.5 Å². The molecular formula is C24H32N6O. The monoisotopic (exact) mass is 420 g/mol. The lowest BCUT2D eigenvalue weighted by atomic mass is 9.91. The highest BCUT2D eigenvalue weighted by molar-refractivity contribution is 5.55. The van der Waals surface area contributed by atoms with Gasteiger partial charge in [-0.3, -0.25) is 14.3 Å². The van der Waals surface area contributed by atoms with E-state index in [1.807, 2.05) is 18.3 Å². The molecular weight excluding hydrogens is 388 g/mol. The topological polar surface area (TPSA) is 60.1 Å². The van der Waals surface area contributed by atoms with Gasteiger partial charge in [0.2, 0.25) is 0 Å². The highest BCUT2D eigenvalue weighted by Gasteiger charge is 2.27. The Morgan fingerprint density at radius 2 is 1.97 bits per heavy atom. The third-order valence-corrected chi connectivity index (χ3v) is 6.88. The summed E-state index contributed by atoms with van der Waals surface area (Å²) < 4.78 is 2.15. The average Bonchev–Trinajstić information content (AvgIpc) is 3.16. The number of aliphatic hydroxyl groups excluding tert-OH is 1. The number of aliphatic hydroxyl groups is 1. The fraction of sp³-hybridized carbons (Fsp3) is 0.500. The number of likely N-dealkylation sites (N-methyl/N-ethyl adjacent to an activating group) is 1. The minimum absolute atomic E-state index is 0.0192. The Kier molecular flexibility index (Phi) is 5.65. The fourth-order valence-electron chi connectivity index (χ4n) is 5.11. The van der Waals surface area contributed by atoms with Gasteiger partial charge in [0.05, 0.1) is 29.7 Å². The Balaban J connectivity index is 1.46. The number of nitrogens with zero attached hydrogens (tertiary/aromatic N) is 6. The second kappa shape index (κ2) is 8.57. The third kappa shape index (κ3) is 3.82. The van der Waals surface area contributed by atoms with Gasteiger partial charge in [0.1, 0.15) is 11.5 Å². The van der Waals surface area contributed by atoms with Crippen LogP contribution >= 0.6 is 0 Å². The van der Waals surface area contributed by atoms with E-state index in [1.165, 1.54) is 17.7 Å². The number of aromatic nitrogens is 3. The van der Waals surface area contributed by atoms with Gasteiger partial charge in [-0.15, -0.1) is 0 Å². The molecule has 7 nitrogen and oxygen atoms in total. The fourth-order valence-corrected chi connectivity index (χ4v) is 5.11. The van der Waals surface area contributed by atoms with E-state index in [1.54, 1.807) is 0 Å². The second-order valence-corrected chi connectivity index (χ2v) is 8.90. The van der Waals surface area contributed by atoms with E-state index in [-0.39, 0.29) is 6.61 Å². The number of rotatable bonds is 5. The van der Waals surface area contributed by atoms with E-state index in [0.717, 1.165) is 61.9 Å². The first kappa shape index (κ1) is 20.4. The number of imidazole rings is 1. The summed E-state index contributed by atoms with van der Waals surface area (Å²) in [5.74, 6) is 1.13. The lowest BCUT2D eigenvalue weighted by molar-refractivity contribution is 0.203. The maximum atomic E-state index is 10.3. The lowest BCUT2D eigenvalue weighted by Gasteiger charge is -2.34. The van der Waals surface area contributed by atoms with Crippen molar-refractivity contribution in [2.75, 3.05) is 45.2 Å². The predicted molar refractivity (Wildman–Crippen MR) is 122 cm³/mol. The summed E-state index contributed by atoms with van der Waals surface area (Å²) in [6, 6.07) is 10.8. The van der Waals surface area contributed by atoms with Crippen molar-refractivity contribution in [3.8, 4) is 0 Å². The minimum atomic E-state index is -0.0192. The summed E-state index contributed by atoms with van der Waals surface area (Å²) >= 11 is 0. The highest BCUT2D eigenvalue weighted by Crippen LogP contribution is 2.33. The zero-order valence-corrected chi connectivity index (χ0v) is 18.5. The van der Waals surface area contributed by atoms with Crippen molar-refractivity contribution in [2.24, 2.45) is 0 Å². The summed E-state index contributed by atoms with van der Waals surface area (Å²) in [5, 5.41) is 10.3. The molecule has 0 aromatic carbocycles. The molecule has 1 atom stereocenters. The van der Waals surface area contributed by atoms with Gasteiger partial charge in [0.25, 0.3) is 0 Å². The first-order chi connectivity index (χ1) is 15.2. The summed E-state index contributed by atoms with van der Waals surface area (Å²) in [4.78, 5) is 16.8. The first-order valence-corrected chi connectivity index (χ1v) is 11.3. The van der Waals surface area contributed by atoms with E-state index in [9.17, 15) is 5.11 Å². The number of hydrogen-bond acceptors (Lipinski definition) is 6. The van der Waals surface area contributed by atoms with Gasteiger partial charge in [0.15, 0.2) is 0 Å². The molecule has 1 aliphatic carbocycles. The van der Waals surface area contributed by atoms with Crippen LogP contribution in [0.25, 0.3) is 5.65 Å². The molecule has 0 spiro atoms. The Morgan fingerprint density at radius 3 is 2.77 bits per heavy atom. The molecule has 5 rings (SSSR count). The summed E-state index contributed by atoms with van der Waals surface area (Å²) in [5.41, 5.74) is 5.32. The van der Waals surface area contributed by atoms with Crippen LogP contribution in [0.3, 0.4) is 0 Å². The van der Waals surface area contributed by atoms with Gasteiger partial charge in [-0.05, 0) is 57.1 Å². The predicted octanol–water partition coefficient (Wildman–Crippen LogP) is 2.48. The molecule has 7 heteroatoms. The SMILES string of the molecule is CN1CCN(c2cccc3nc(CN(C)C4CCCc5cccnc54)c(CO)n23)CC1. The van der Waals surface area contributed by atoms with Crippen molar-refractivity contribution in [1.82, 2.24) is 24.2 Å². The van der Waals surface area contributed by atoms with Crippen LogP contribution in [0.4, 0.5) is 5.82 Å². The van der Waals surface area contributed by atoms with Crippen molar-refractivity contribution < 1.29 is 5.11 Å². The standard InChI is InChI=1S/C24H32N6O/c1-27-12-14-29(15-13-27)23-10-4-9-22-26-19(21(17-31)30(22)23)16-28(2)20-8-3-6-18-7-5-11-25-24(18)20/h4-5,7,9-11,20,31H,3,6,8,12-17H2,1-2H3. The number of hydrogen-bond donors (Lipinski definition) is 1. The number of fused-ring (bicyclic) bond motifs is 2.